The Labute approximate surface area is 119 Å². The van der Waals surface area contributed by atoms with E-state index in [2.05, 4.69) is 24.1 Å². The molecule has 1 N–H and O–H groups in total. The quantitative estimate of drug-likeness (QED) is 0.428. The summed E-state index contributed by atoms with van der Waals surface area (Å²) in [5.41, 5.74) is 0.756. The van der Waals surface area contributed by atoms with Crippen LogP contribution in [0.4, 0.5) is 11.4 Å². The van der Waals surface area contributed by atoms with Crippen LogP contribution >= 0.6 is 0 Å². The van der Waals surface area contributed by atoms with Gasteiger partial charge in [-0.25, -0.2) is 0 Å². The number of nitro groups is 1. The third-order valence-electron chi connectivity index (χ3n) is 3.21. The van der Waals surface area contributed by atoms with E-state index in [9.17, 15) is 10.1 Å². The lowest BCUT2D eigenvalue weighted by Crippen LogP contribution is -2.25. The molecule has 0 spiro atoms. The fourth-order valence-corrected chi connectivity index (χ4v) is 1.98. The second-order valence-electron chi connectivity index (χ2n) is 4.48. The van der Waals surface area contributed by atoms with Gasteiger partial charge in [-0.3, -0.25) is 10.1 Å². The number of non-ortho nitro benzene ring substituents is 1. The fourth-order valence-electron chi connectivity index (χ4n) is 1.98. The largest absolute Gasteiger partial charge is 0.496 e. The van der Waals surface area contributed by atoms with Gasteiger partial charge >= 0.3 is 0 Å². The van der Waals surface area contributed by atoms with Crippen LogP contribution in [0.15, 0.2) is 18.2 Å². The standard InChI is InChI=1S/C14H23N3O3/c1-4-16(5-2)8-6-7-15-12-9-13(17(18)19)11-14(10-12)20-3/h9-11,15H,4-8H2,1-3H3. The van der Waals surface area contributed by atoms with Crippen LogP contribution in [0.3, 0.4) is 0 Å². The molecule has 0 bridgehead atoms. The third kappa shape index (κ3) is 5.05. The van der Waals surface area contributed by atoms with Crippen molar-refractivity contribution in [3.8, 4) is 5.75 Å². The van der Waals surface area contributed by atoms with Gasteiger partial charge in [0.05, 0.1) is 18.1 Å². The van der Waals surface area contributed by atoms with Gasteiger partial charge in [0.15, 0.2) is 0 Å². The van der Waals surface area contributed by atoms with E-state index >= 15 is 0 Å². The Kier molecular flexibility index (Phi) is 6.79. The minimum absolute atomic E-state index is 0.0376. The molecule has 0 aromatic heterocycles. The average molecular weight is 281 g/mol. The summed E-state index contributed by atoms with van der Waals surface area (Å²) in [5.74, 6) is 0.491. The van der Waals surface area contributed by atoms with E-state index in [1.54, 1.807) is 6.07 Å². The van der Waals surface area contributed by atoms with Gasteiger partial charge in [-0.05, 0) is 26.1 Å². The highest BCUT2D eigenvalue weighted by Crippen LogP contribution is 2.25. The Balaban J connectivity index is 2.55. The van der Waals surface area contributed by atoms with E-state index in [1.807, 2.05) is 0 Å². The van der Waals surface area contributed by atoms with Crippen molar-refractivity contribution in [1.82, 2.24) is 4.90 Å². The van der Waals surface area contributed by atoms with E-state index < -0.39 is 4.92 Å². The molecule has 0 fully saturated rings. The van der Waals surface area contributed by atoms with E-state index in [0.717, 1.165) is 38.3 Å². The fraction of sp³-hybridized carbons (Fsp3) is 0.571. The van der Waals surface area contributed by atoms with Crippen molar-refractivity contribution >= 4 is 11.4 Å². The topological polar surface area (TPSA) is 67.6 Å². The Morgan fingerprint density at radius 3 is 2.55 bits per heavy atom. The molecule has 1 rings (SSSR count). The summed E-state index contributed by atoms with van der Waals surface area (Å²) < 4.78 is 5.07. The minimum Gasteiger partial charge on any atom is -0.496 e. The van der Waals surface area contributed by atoms with Crippen molar-refractivity contribution in [2.75, 3.05) is 38.6 Å². The van der Waals surface area contributed by atoms with Gasteiger partial charge in [0.1, 0.15) is 5.75 Å². The molecule has 1 aromatic carbocycles. The summed E-state index contributed by atoms with van der Waals surface area (Å²) in [6.45, 7) is 8.17. The summed E-state index contributed by atoms with van der Waals surface area (Å²) >= 11 is 0. The molecular weight excluding hydrogens is 258 g/mol. The van der Waals surface area contributed by atoms with Crippen LogP contribution in [0.2, 0.25) is 0 Å². The van der Waals surface area contributed by atoms with Crippen LogP contribution in [0.25, 0.3) is 0 Å². The first-order chi connectivity index (χ1) is 9.60. The number of nitrogens with one attached hydrogen (secondary N) is 1. The lowest BCUT2D eigenvalue weighted by atomic mass is 10.2. The Morgan fingerprint density at radius 2 is 2.00 bits per heavy atom. The molecule has 0 aliphatic heterocycles. The summed E-state index contributed by atoms with van der Waals surface area (Å²) in [4.78, 5) is 12.8. The predicted octanol–water partition coefficient (Wildman–Crippen LogP) is 2.75. The van der Waals surface area contributed by atoms with Crippen LogP contribution in [0, 0.1) is 10.1 Å². The Morgan fingerprint density at radius 1 is 1.30 bits per heavy atom. The first kappa shape index (κ1) is 16.2. The molecule has 6 nitrogen and oxygen atoms in total. The van der Waals surface area contributed by atoms with Crippen molar-refractivity contribution in [3.63, 3.8) is 0 Å². The van der Waals surface area contributed by atoms with Crippen LogP contribution in [-0.4, -0.2) is 43.1 Å². The maximum atomic E-state index is 10.8. The van der Waals surface area contributed by atoms with Gasteiger partial charge in [0, 0.05) is 24.4 Å². The maximum Gasteiger partial charge on any atom is 0.275 e. The normalized spacial score (nSPS) is 10.6. The number of benzene rings is 1. The second-order valence-corrected chi connectivity index (χ2v) is 4.48. The number of nitrogens with zero attached hydrogens (tertiary/aromatic N) is 2. The molecule has 0 aliphatic carbocycles. The number of ether oxygens (including phenoxy) is 1. The van der Waals surface area contributed by atoms with Gasteiger partial charge in [0.25, 0.3) is 5.69 Å². The number of rotatable bonds is 9. The first-order valence-corrected chi connectivity index (χ1v) is 6.90. The van der Waals surface area contributed by atoms with Crippen molar-refractivity contribution < 1.29 is 9.66 Å². The van der Waals surface area contributed by atoms with Gasteiger partial charge in [-0.2, -0.15) is 0 Å². The molecule has 0 atom stereocenters. The van der Waals surface area contributed by atoms with Crippen LogP contribution in [0.1, 0.15) is 20.3 Å². The van der Waals surface area contributed by atoms with Crippen molar-refractivity contribution in [1.29, 1.82) is 0 Å². The van der Waals surface area contributed by atoms with Gasteiger partial charge in [-0.1, -0.05) is 13.8 Å². The molecule has 0 aliphatic rings. The van der Waals surface area contributed by atoms with E-state index in [1.165, 1.54) is 19.2 Å². The molecular formula is C14H23N3O3. The smallest absolute Gasteiger partial charge is 0.275 e. The summed E-state index contributed by atoms with van der Waals surface area (Å²) in [5, 5.41) is 14.0. The Bertz CT molecular complexity index is 434. The molecule has 112 valence electrons. The predicted molar refractivity (Wildman–Crippen MR) is 80.5 cm³/mol. The van der Waals surface area contributed by atoms with E-state index in [0.29, 0.717) is 5.75 Å². The van der Waals surface area contributed by atoms with Crippen molar-refractivity contribution in [2.45, 2.75) is 20.3 Å². The van der Waals surface area contributed by atoms with Crippen LogP contribution in [0.5, 0.6) is 5.75 Å². The summed E-state index contributed by atoms with van der Waals surface area (Å²) in [7, 11) is 1.50. The Hall–Kier alpha value is -1.82. The molecule has 0 saturated heterocycles. The van der Waals surface area contributed by atoms with Crippen molar-refractivity contribution in [3.05, 3.63) is 28.3 Å². The highest BCUT2D eigenvalue weighted by atomic mass is 16.6. The molecule has 0 unspecified atom stereocenters. The maximum absolute atomic E-state index is 10.8. The highest BCUT2D eigenvalue weighted by molar-refractivity contribution is 5.56. The molecule has 0 saturated carbocycles. The van der Waals surface area contributed by atoms with Crippen LogP contribution < -0.4 is 10.1 Å². The zero-order valence-electron chi connectivity index (χ0n) is 12.4. The summed E-state index contributed by atoms with van der Waals surface area (Å²) in [6.07, 6.45) is 0.993. The lowest BCUT2D eigenvalue weighted by Gasteiger charge is -2.18. The number of hydrogen-bond acceptors (Lipinski definition) is 5. The zero-order valence-corrected chi connectivity index (χ0v) is 12.4. The highest BCUT2D eigenvalue weighted by Gasteiger charge is 2.10. The number of hydrogen-bond donors (Lipinski definition) is 1. The molecule has 20 heavy (non-hydrogen) atoms. The molecule has 1 aromatic rings. The molecule has 0 heterocycles. The summed E-state index contributed by atoms with van der Waals surface area (Å²) in [6, 6.07) is 4.71. The van der Waals surface area contributed by atoms with Gasteiger partial charge in [0.2, 0.25) is 0 Å². The number of methoxy groups -OCH3 is 1. The molecule has 6 heteroatoms. The van der Waals surface area contributed by atoms with Crippen molar-refractivity contribution in [2.24, 2.45) is 0 Å². The molecule has 0 radical (unpaired) electrons. The third-order valence-corrected chi connectivity index (χ3v) is 3.21. The first-order valence-electron chi connectivity index (χ1n) is 6.90. The van der Waals surface area contributed by atoms with Gasteiger partial charge in [-0.15, -0.1) is 0 Å². The monoisotopic (exact) mass is 281 g/mol. The average Bonchev–Trinajstić information content (AvgIpc) is 2.47. The van der Waals surface area contributed by atoms with Crippen LogP contribution in [-0.2, 0) is 0 Å². The lowest BCUT2D eigenvalue weighted by molar-refractivity contribution is -0.384. The number of anilines is 1. The molecule has 0 amide bonds. The number of nitro benzene ring substituents is 1. The minimum atomic E-state index is -0.413. The van der Waals surface area contributed by atoms with E-state index in [-0.39, 0.29) is 5.69 Å². The SMILES string of the molecule is CCN(CC)CCCNc1cc(OC)cc([N+](=O)[O-])c1. The van der Waals surface area contributed by atoms with Gasteiger partial charge < -0.3 is 15.0 Å². The zero-order chi connectivity index (χ0) is 15.0. The van der Waals surface area contributed by atoms with E-state index in [4.69, 9.17) is 4.74 Å². The second kappa shape index (κ2) is 8.37.